The van der Waals surface area contributed by atoms with Gasteiger partial charge in [-0.3, -0.25) is 10.00 Å². The Hall–Kier alpha value is -0.430. The third kappa shape index (κ3) is 3.28. The fourth-order valence-corrected chi connectivity index (χ4v) is 2.36. The van der Waals surface area contributed by atoms with Crippen molar-refractivity contribution in [3.05, 3.63) is 15.9 Å². The molecule has 96 valence electrons. The van der Waals surface area contributed by atoms with Gasteiger partial charge < -0.3 is 9.84 Å². The van der Waals surface area contributed by atoms with E-state index in [1.165, 1.54) is 0 Å². The van der Waals surface area contributed by atoms with E-state index < -0.39 is 6.10 Å². The van der Waals surface area contributed by atoms with E-state index in [1.54, 1.807) is 0 Å². The fraction of sp³-hybridized carbons (Fsp3) is 0.727. The van der Waals surface area contributed by atoms with Crippen LogP contribution in [0.4, 0.5) is 0 Å². The van der Waals surface area contributed by atoms with Crippen LogP contribution in [0.3, 0.4) is 0 Å². The van der Waals surface area contributed by atoms with Gasteiger partial charge in [-0.2, -0.15) is 5.10 Å². The largest absolute Gasteiger partial charge is 0.387 e. The monoisotopic (exact) mass is 303 g/mol. The summed E-state index contributed by atoms with van der Waals surface area (Å²) in [6.45, 7) is 6.29. The van der Waals surface area contributed by atoms with E-state index in [0.717, 1.165) is 43.0 Å². The molecule has 17 heavy (non-hydrogen) atoms. The van der Waals surface area contributed by atoms with Crippen LogP contribution < -0.4 is 0 Å². The highest BCUT2D eigenvalue weighted by molar-refractivity contribution is 9.10. The van der Waals surface area contributed by atoms with Crippen LogP contribution in [0.25, 0.3) is 0 Å². The zero-order valence-corrected chi connectivity index (χ0v) is 11.5. The van der Waals surface area contributed by atoms with Crippen LogP contribution in [-0.2, 0) is 4.74 Å². The van der Waals surface area contributed by atoms with Gasteiger partial charge >= 0.3 is 0 Å². The summed E-state index contributed by atoms with van der Waals surface area (Å²) in [7, 11) is 0. The third-order valence-corrected chi connectivity index (χ3v) is 4.04. The second-order valence-corrected chi connectivity index (χ2v) is 5.10. The molecular weight excluding hydrogens is 286 g/mol. The lowest BCUT2D eigenvalue weighted by Gasteiger charge is -2.27. The second kappa shape index (κ2) is 5.95. The molecule has 1 atom stereocenters. The Morgan fingerprint density at radius 1 is 1.53 bits per heavy atom. The average molecular weight is 304 g/mol. The highest BCUT2D eigenvalue weighted by Gasteiger charge is 2.18. The maximum Gasteiger partial charge on any atom is 0.105 e. The number of H-pyrrole nitrogens is 1. The number of aliphatic hydroxyl groups is 1. The molecule has 0 saturated carbocycles. The molecule has 0 spiro atoms. The van der Waals surface area contributed by atoms with E-state index in [0.29, 0.717) is 12.1 Å². The average Bonchev–Trinajstić information content (AvgIpc) is 2.69. The molecule has 1 aliphatic rings. The zero-order valence-electron chi connectivity index (χ0n) is 9.95. The molecule has 1 fully saturated rings. The van der Waals surface area contributed by atoms with Crippen molar-refractivity contribution in [1.29, 1.82) is 0 Å². The quantitative estimate of drug-likeness (QED) is 0.878. The Morgan fingerprint density at radius 2 is 2.24 bits per heavy atom. The molecule has 0 amide bonds. The molecule has 0 aromatic carbocycles. The number of ether oxygens (including phenoxy) is 1. The Morgan fingerprint density at radius 3 is 2.82 bits per heavy atom. The van der Waals surface area contributed by atoms with Gasteiger partial charge in [0.25, 0.3) is 0 Å². The van der Waals surface area contributed by atoms with Crippen LogP contribution in [-0.4, -0.2) is 53.1 Å². The molecule has 0 radical (unpaired) electrons. The van der Waals surface area contributed by atoms with Gasteiger partial charge in [-0.1, -0.05) is 0 Å². The van der Waals surface area contributed by atoms with Crippen molar-refractivity contribution < 1.29 is 9.84 Å². The van der Waals surface area contributed by atoms with Crippen molar-refractivity contribution in [2.45, 2.75) is 19.4 Å². The van der Waals surface area contributed by atoms with Gasteiger partial charge in [-0.05, 0) is 29.3 Å². The molecule has 2 heterocycles. The van der Waals surface area contributed by atoms with Crippen LogP contribution >= 0.6 is 15.9 Å². The predicted octanol–water partition coefficient (Wildman–Crippen LogP) is 1.24. The van der Waals surface area contributed by atoms with Gasteiger partial charge in [0.1, 0.15) is 11.8 Å². The SMILES string of the molecule is Cc1[nH]nc(C(O)CCN2CCOCC2)c1Br. The maximum absolute atomic E-state index is 10.1. The van der Waals surface area contributed by atoms with E-state index in [4.69, 9.17) is 4.74 Å². The predicted molar refractivity (Wildman–Crippen MR) is 67.9 cm³/mol. The summed E-state index contributed by atoms with van der Waals surface area (Å²) in [5.41, 5.74) is 1.65. The minimum atomic E-state index is -0.517. The summed E-state index contributed by atoms with van der Waals surface area (Å²) in [4.78, 5) is 2.31. The molecule has 1 unspecified atom stereocenters. The van der Waals surface area contributed by atoms with Crippen molar-refractivity contribution in [3.8, 4) is 0 Å². The van der Waals surface area contributed by atoms with E-state index >= 15 is 0 Å². The lowest BCUT2D eigenvalue weighted by molar-refractivity contribution is 0.0297. The summed E-state index contributed by atoms with van der Waals surface area (Å²) >= 11 is 3.43. The van der Waals surface area contributed by atoms with Gasteiger partial charge in [-0.15, -0.1) is 0 Å². The summed E-state index contributed by atoms with van der Waals surface area (Å²) < 4.78 is 6.17. The number of nitrogens with one attached hydrogen (secondary N) is 1. The van der Waals surface area contributed by atoms with Gasteiger partial charge in [0.2, 0.25) is 0 Å². The number of hydrogen-bond acceptors (Lipinski definition) is 4. The van der Waals surface area contributed by atoms with E-state index in [9.17, 15) is 5.11 Å². The number of aromatic nitrogens is 2. The van der Waals surface area contributed by atoms with Crippen LogP contribution in [0.5, 0.6) is 0 Å². The Labute approximate surface area is 109 Å². The molecule has 2 N–H and O–H groups in total. The fourth-order valence-electron chi connectivity index (χ4n) is 1.92. The molecule has 0 bridgehead atoms. The molecule has 2 rings (SSSR count). The van der Waals surface area contributed by atoms with Gasteiger partial charge in [0, 0.05) is 25.3 Å². The number of rotatable bonds is 4. The zero-order chi connectivity index (χ0) is 12.3. The first-order valence-electron chi connectivity index (χ1n) is 5.87. The highest BCUT2D eigenvalue weighted by atomic mass is 79.9. The molecule has 5 nitrogen and oxygen atoms in total. The smallest absolute Gasteiger partial charge is 0.105 e. The summed E-state index contributed by atoms with van der Waals surface area (Å²) in [5, 5.41) is 17.1. The lowest BCUT2D eigenvalue weighted by Crippen LogP contribution is -2.37. The Balaban J connectivity index is 1.84. The first-order valence-corrected chi connectivity index (χ1v) is 6.66. The Kier molecular flexibility index (Phi) is 4.55. The summed E-state index contributed by atoms with van der Waals surface area (Å²) in [5.74, 6) is 0. The maximum atomic E-state index is 10.1. The Bertz CT molecular complexity index is 364. The number of aliphatic hydroxyl groups excluding tert-OH is 1. The van der Waals surface area contributed by atoms with Crippen molar-refractivity contribution in [1.82, 2.24) is 15.1 Å². The van der Waals surface area contributed by atoms with Crippen molar-refractivity contribution in [2.75, 3.05) is 32.8 Å². The van der Waals surface area contributed by atoms with Gasteiger partial charge in [-0.25, -0.2) is 0 Å². The normalized spacial score (nSPS) is 19.5. The number of hydrogen-bond donors (Lipinski definition) is 2. The number of aromatic amines is 1. The van der Waals surface area contributed by atoms with Crippen molar-refractivity contribution in [2.24, 2.45) is 0 Å². The van der Waals surface area contributed by atoms with Crippen LogP contribution in [0, 0.1) is 6.92 Å². The molecule has 1 aromatic heterocycles. The van der Waals surface area contributed by atoms with Crippen molar-refractivity contribution in [3.63, 3.8) is 0 Å². The third-order valence-electron chi connectivity index (χ3n) is 3.04. The molecule has 1 aromatic rings. The lowest BCUT2D eigenvalue weighted by atomic mass is 10.1. The van der Waals surface area contributed by atoms with Crippen LogP contribution in [0.2, 0.25) is 0 Å². The summed E-state index contributed by atoms with van der Waals surface area (Å²) in [6.07, 6.45) is 0.181. The van der Waals surface area contributed by atoms with Gasteiger partial charge in [0.05, 0.1) is 17.7 Å². The van der Waals surface area contributed by atoms with E-state index in [2.05, 4.69) is 31.0 Å². The van der Waals surface area contributed by atoms with Gasteiger partial charge in [0.15, 0.2) is 0 Å². The topological polar surface area (TPSA) is 61.4 Å². The summed E-state index contributed by atoms with van der Waals surface area (Å²) in [6, 6.07) is 0. The van der Waals surface area contributed by atoms with E-state index in [1.807, 2.05) is 6.92 Å². The van der Waals surface area contributed by atoms with Crippen LogP contribution in [0.15, 0.2) is 4.47 Å². The highest BCUT2D eigenvalue weighted by Crippen LogP contribution is 2.26. The first-order chi connectivity index (χ1) is 8.18. The minimum Gasteiger partial charge on any atom is -0.387 e. The first kappa shape index (κ1) is 13.0. The molecular formula is C11H18BrN3O2. The standard InChI is InChI=1S/C11H18BrN3O2/c1-8-10(12)11(14-13-8)9(16)2-3-15-4-6-17-7-5-15/h9,16H,2-7H2,1H3,(H,13,14). The number of nitrogens with zero attached hydrogens (tertiary/aromatic N) is 2. The molecule has 1 saturated heterocycles. The number of halogens is 1. The van der Waals surface area contributed by atoms with Crippen LogP contribution in [0.1, 0.15) is 23.9 Å². The minimum absolute atomic E-state index is 0.517. The molecule has 1 aliphatic heterocycles. The molecule has 6 heteroatoms. The number of morpholine rings is 1. The van der Waals surface area contributed by atoms with E-state index in [-0.39, 0.29) is 0 Å². The molecule has 0 aliphatic carbocycles. The second-order valence-electron chi connectivity index (χ2n) is 4.31. The number of aryl methyl sites for hydroxylation is 1. The van der Waals surface area contributed by atoms with Crippen molar-refractivity contribution >= 4 is 15.9 Å².